The van der Waals surface area contributed by atoms with Gasteiger partial charge in [0.25, 0.3) is 0 Å². The molecule has 2 unspecified atom stereocenters. The molecule has 0 amide bonds. The van der Waals surface area contributed by atoms with Gasteiger partial charge in [-0.3, -0.25) is 14.9 Å². The average Bonchev–Trinajstić information content (AvgIpc) is 2.65. The summed E-state index contributed by atoms with van der Waals surface area (Å²) in [6.45, 7) is 2.03. The second-order valence-electron chi connectivity index (χ2n) is 6.19. The SMILES string of the molecule is CCOC(=O)CC1(C[N+](=O)[O-])CC2CCCCC2C1. The first kappa shape index (κ1) is 14.3. The number of carbonyl (C=O) groups excluding carboxylic acids is 1. The maximum absolute atomic E-state index is 11.7. The number of ether oxygens (including phenoxy) is 1. The quantitative estimate of drug-likeness (QED) is 0.437. The van der Waals surface area contributed by atoms with Crippen molar-refractivity contribution >= 4 is 5.97 Å². The topological polar surface area (TPSA) is 69.4 Å². The summed E-state index contributed by atoms with van der Waals surface area (Å²) in [5.41, 5.74) is -0.449. The second-order valence-corrected chi connectivity index (χ2v) is 6.19. The molecule has 5 nitrogen and oxygen atoms in total. The van der Waals surface area contributed by atoms with Crippen LogP contribution >= 0.6 is 0 Å². The number of nitro groups is 1. The smallest absolute Gasteiger partial charge is 0.306 e. The van der Waals surface area contributed by atoms with E-state index in [4.69, 9.17) is 4.74 Å². The van der Waals surface area contributed by atoms with Crippen molar-refractivity contribution in [2.75, 3.05) is 13.2 Å². The van der Waals surface area contributed by atoms with Crippen molar-refractivity contribution in [3.05, 3.63) is 10.1 Å². The maximum atomic E-state index is 11.7. The third-order valence-corrected chi connectivity index (χ3v) is 4.75. The molecule has 108 valence electrons. The first-order chi connectivity index (χ1) is 9.04. The number of carbonyl (C=O) groups is 1. The second kappa shape index (κ2) is 5.88. The predicted molar refractivity (Wildman–Crippen MR) is 70.2 cm³/mol. The van der Waals surface area contributed by atoms with Crippen molar-refractivity contribution < 1.29 is 14.5 Å². The van der Waals surface area contributed by atoms with Gasteiger partial charge in [0, 0.05) is 10.3 Å². The van der Waals surface area contributed by atoms with Gasteiger partial charge in [-0.05, 0) is 31.6 Å². The number of esters is 1. The average molecular weight is 269 g/mol. The Morgan fingerprint density at radius 1 is 1.32 bits per heavy atom. The van der Waals surface area contributed by atoms with Gasteiger partial charge >= 0.3 is 5.97 Å². The van der Waals surface area contributed by atoms with Gasteiger partial charge in [-0.1, -0.05) is 25.7 Å². The molecule has 19 heavy (non-hydrogen) atoms. The minimum Gasteiger partial charge on any atom is -0.466 e. The lowest BCUT2D eigenvalue weighted by Crippen LogP contribution is -2.31. The van der Waals surface area contributed by atoms with Gasteiger partial charge in [0.1, 0.15) is 0 Å². The van der Waals surface area contributed by atoms with E-state index in [2.05, 4.69) is 0 Å². The van der Waals surface area contributed by atoms with E-state index in [0.29, 0.717) is 18.4 Å². The lowest BCUT2D eigenvalue weighted by Gasteiger charge is -2.24. The molecule has 0 aromatic rings. The van der Waals surface area contributed by atoms with Crippen LogP contribution in [0.4, 0.5) is 0 Å². The van der Waals surface area contributed by atoms with Crippen LogP contribution in [0.1, 0.15) is 51.9 Å². The standard InChI is InChI=1S/C14H23NO4/c1-2-19-13(16)9-14(10-15(17)18)7-11-5-3-4-6-12(11)8-14/h11-12H,2-10H2,1H3. The molecule has 0 saturated heterocycles. The number of fused-ring (bicyclic) bond motifs is 1. The van der Waals surface area contributed by atoms with E-state index in [1.165, 1.54) is 25.7 Å². The summed E-state index contributed by atoms with van der Waals surface area (Å²) in [5, 5.41) is 11.0. The minimum absolute atomic E-state index is 0.0845. The van der Waals surface area contributed by atoms with Gasteiger partial charge in [-0.25, -0.2) is 0 Å². The third-order valence-electron chi connectivity index (χ3n) is 4.75. The summed E-state index contributed by atoms with van der Waals surface area (Å²) in [7, 11) is 0. The first-order valence-corrected chi connectivity index (χ1v) is 7.32. The molecule has 0 radical (unpaired) electrons. The van der Waals surface area contributed by atoms with Crippen molar-refractivity contribution in [1.82, 2.24) is 0 Å². The highest BCUT2D eigenvalue weighted by Gasteiger charge is 2.50. The third kappa shape index (κ3) is 3.45. The molecule has 0 N–H and O–H groups in total. The van der Waals surface area contributed by atoms with E-state index in [9.17, 15) is 14.9 Å². The van der Waals surface area contributed by atoms with Crippen molar-refractivity contribution in [2.24, 2.45) is 17.3 Å². The summed E-state index contributed by atoms with van der Waals surface area (Å²) in [5.74, 6) is 0.897. The zero-order chi connectivity index (χ0) is 13.9. The Morgan fingerprint density at radius 3 is 2.37 bits per heavy atom. The number of hydrogen-bond donors (Lipinski definition) is 0. The molecule has 2 atom stereocenters. The van der Waals surface area contributed by atoms with E-state index in [1.807, 2.05) is 0 Å². The van der Waals surface area contributed by atoms with Gasteiger partial charge in [0.05, 0.1) is 13.0 Å². The molecular formula is C14H23NO4. The summed E-state index contributed by atoms with van der Waals surface area (Å²) in [6, 6.07) is 0. The molecule has 0 aromatic heterocycles. The number of rotatable bonds is 5. The molecule has 0 aliphatic heterocycles. The lowest BCUT2D eigenvalue weighted by molar-refractivity contribution is -0.497. The fourth-order valence-corrected chi connectivity index (χ4v) is 4.14. The predicted octanol–water partition coefficient (Wildman–Crippen LogP) is 2.80. The van der Waals surface area contributed by atoms with Crippen LogP contribution in [-0.2, 0) is 9.53 Å². The van der Waals surface area contributed by atoms with Crippen LogP contribution in [0.3, 0.4) is 0 Å². The largest absolute Gasteiger partial charge is 0.466 e. The van der Waals surface area contributed by atoms with Crippen LogP contribution in [-0.4, -0.2) is 24.0 Å². The molecule has 5 heteroatoms. The molecule has 2 aliphatic carbocycles. The summed E-state index contributed by atoms with van der Waals surface area (Å²) < 4.78 is 5.00. The van der Waals surface area contributed by atoms with Crippen LogP contribution in [0.15, 0.2) is 0 Å². The van der Waals surface area contributed by atoms with Gasteiger partial charge < -0.3 is 4.74 Å². The van der Waals surface area contributed by atoms with Crippen LogP contribution in [0.2, 0.25) is 0 Å². The lowest BCUT2D eigenvalue weighted by atomic mass is 9.81. The molecule has 0 aromatic carbocycles. The van der Waals surface area contributed by atoms with E-state index in [1.54, 1.807) is 6.92 Å². The van der Waals surface area contributed by atoms with Gasteiger partial charge in [-0.2, -0.15) is 0 Å². The highest BCUT2D eigenvalue weighted by molar-refractivity contribution is 5.70. The van der Waals surface area contributed by atoms with Gasteiger partial charge in [0.15, 0.2) is 0 Å². The fraction of sp³-hybridized carbons (Fsp3) is 0.929. The Kier molecular flexibility index (Phi) is 4.42. The molecule has 2 aliphatic rings. The van der Waals surface area contributed by atoms with Crippen LogP contribution in [0.25, 0.3) is 0 Å². The van der Waals surface area contributed by atoms with E-state index >= 15 is 0 Å². The van der Waals surface area contributed by atoms with E-state index in [0.717, 1.165) is 12.8 Å². The Labute approximate surface area is 113 Å². The van der Waals surface area contributed by atoms with Gasteiger partial charge in [0.2, 0.25) is 6.54 Å². The normalized spacial score (nSPS) is 33.7. The van der Waals surface area contributed by atoms with Crippen molar-refractivity contribution in [1.29, 1.82) is 0 Å². The van der Waals surface area contributed by atoms with Crippen molar-refractivity contribution in [3.8, 4) is 0 Å². The summed E-state index contributed by atoms with van der Waals surface area (Å²) >= 11 is 0. The monoisotopic (exact) mass is 269 g/mol. The minimum atomic E-state index is -0.449. The van der Waals surface area contributed by atoms with Crippen LogP contribution in [0.5, 0.6) is 0 Å². The molecule has 0 spiro atoms. The Bertz CT molecular complexity index is 341. The molecule has 0 heterocycles. The van der Waals surface area contributed by atoms with Crippen molar-refractivity contribution in [3.63, 3.8) is 0 Å². The Morgan fingerprint density at radius 2 is 1.89 bits per heavy atom. The number of nitrogens with zero attached hydrogens (tertiary/aromatic N) is 1. The molecule has 0 bridgehead atoms. The zero-order valence-electron chi connectivity index (χ0n) is 11.6. The number of hydrogen-bond acceptors (Lipinski definition) is 4. The highest BCUT2D eigenvalue weighted by Crippen LogP contribution is 2.53. The van der Waals surface area contributed by atoms with E-state index < -0.39 is 5.41 Å². The molecule has 2 saturated carbocycles. The molecule has 2 rings (SSSR count). The summed E-state index contributed by atoms with van der Waals surface area (Å²) in [4.78, 5) is 22.5. The van der Waals surface area contributed by atoms with E-state index in [-0.39, 0.29) is 23.9 Å². The fourth-order valence-electron chi connectivity index (χ4n) is 4.14. The Hall–Kier alpha value is -1.13. The molecular weight excluding hydrogens is 246 g/mol. The molecule has 2 fully saturated rings. The van der Waals surface area contributed by atoms with Crippen LogP contribution < -0.4 is 0 Å². The zero-order valence-corrected chi connectivity index (χ0v) is 11.6. The van der Waals surface area contributed by atoms with Crippen molar-refractivity contribution in [2.45, 2.75) is 51.9 Å². The van der Waals surface area contributed by atoms with Gasteiger partial charge in [-0.15, -0.1) is 0 Å². The maximum Gasteiger partial charge on any atom is 0.306 e. The first-order valence-electron chi connectivity index (χ1n) is 7.32. The summed E-state index contributed by atoms with van der Waals surface area (Å²) in [6.07, 6.45) is 6.69. The highest BCUT2D eigenvalue weighted by atomic mass is 16.6. The van der Waals surface area contributed by atoms with Crippen LogP contribution in [0, 0.1) is 27.4 Å². The Balaban J connectivity index is 2.07.